The third kappa shape index (κ3) is 3.83. The number of hydrogen-bond donors (Lipinski definition) is 0. The van der Waals surface area contributed by atoms with Gasteiger partial charge < -0.3 is 9.64 Å². The molecule has 0 radical (unpaired) electrons. The van der Waals surface area contributed by atoms with Crippen molar-refractivity contribution in [1.29, 1.82) is 0 Å². The number of nitrogens with zero attached hydrogens (tertiary/aromatic N) is 2. The van der Waals surface area contributed by atoms with E-state index in [-0.39, 0.29) is 12.5 Å². The topological polar surface area (TPSA) is 66.9 Å². The first kappa shape index (κ1) is 18.3. The molecule has 0 saturated carbocycles. The minimum Gasteiger partial charge on any atom is -0.476 e. The van der Waals surface area contributed by atoms with Crippen LogP contribution in [0.25, 0.3) is 0 Å². The summed E-state index contributed by atoms with van der Waals surface area (Å²) in [6, 6.07) is 14.9. The number of sulfonamides is 1. The van der Waals surface area contributed by atoms with Crippen LogP contribution in [0.4, 0.5) is 5.69 Å². The van der Waals surface area contributed by atoms with Crippen LogP contribution in [-0.2, 0) is 21.4 Å². The van der Waals surface area contributed by atoms with E-state index in [1.165, 1.54) is 4.31 Å². The monoisotopic (exact) mass is 374 g/mol. The highest BCUT2D eigenvalue weighted by Gasteiger charge is 2.36. The van der Waals surface area contributed by atoms with E-state index in [1.807, 2.05) is 43.3 Å². The van der Waals surface area contributed by atoms with Gasteiger partial charge in [-0.3, -0.25) is 9.10 Å². The summed E-state index contributed by atoms with van der Waals surface area (Å²) in [6.45, 7) is 2.28. The van der Waals surface area contributed by atoms with E-state index in [0.29, 0.717) is 18.0 Å². The van der Waals surface area contributed by atoms with Crippen LogP contribution in [0.3, 0.4) is 0 Å². The van der Waals surface area contributed by atoms with Crippen LogP contribution in [0.15, 0.2) is 48.5 Å². The first-order valence-electron chi connectivity index (χ1n) is 8.29. The maximum Gasteiger partial charge on any atom is 0.265 e. The summed E-state index contributed by atoms with van der Waals surface area (Å²) in [5, 5.41) is 0. The van der Waals surface area contributed by atoms with Crippen LogP contribution in [0, 0.1) is 6.92 Å². The van der Waals surface area contributed by atoms with Crippen molar-refractivity contribution in [2.24, 2.45) is 0 Å². The lowest BCUT2D eigenvalue weighted by Gasteiger charge is -2.35. The first-order chi connectivity index (χ1) is 12.3. The molecule has 3 rings (SSSR count). The number of fused-ring (bicyclic) bond motifs is 1. The largest absolute Gasteiger partial charge is 0.476 e. The highest BCUT2D eigenvalue weighted by Crippen LogP contribution is 2.36. The molecule has 1 aliphatic rings. The van der Waals surface area contributed by atoms with Crippen LogP contribution >= 0.6 is 0 Å². The molecule has 1 aliphatic heterocycles. The zero-order valence-electron chi connectivity index (χ0n) is 15.0. The summed E-state index contributed by atoms with van der Waals surface area (Å²) in [4.78, 5) is 14.4. The number of benzene rings is 2. The fraction of sp³-hybridized carbons (Fsp3) is 0.316. The third-order valence-corrected chi connectivity index (χ3v) is 5.44. The highest BCUT2D eigenvalue weighted by atomic mass is 32.2. The van der Waals surface area contributed by atoms with Gasteiger partial charge in [0.15, 0.2) is 6.10 Å². The van der Waals surface area contributed by atoms with Crippen molar-refractivity contribution in [1.82, 2.24) is 4.90 Å². The van der Waals surface area contributed by atoms with Gasteiger partial charge in [-0.15, -0.1) is 0 Å². The van der Waals surface area contributed by atoms with Crippen molar-refractivity contribution in [3.8, 4) is 5.75 Å². The van der Waals surface area contributed by atoms with E-state index >= 15 is 0 Å². The van der Waals surface area contributed by atoms with E-state index < -0.39 is 16.1 Å². The number of carbonyl (C=O) groups excluding carboxylic acids is 1. The van der Waals surface area contributed by atoms with E-state index in [9.17, 15) is 13.2 Å². The second-order valence-electron chi connectivity index (χ2n) is 6.55. The van der Waals surface area contributed by atoms with Gasteiger partial charge in [0.25, 0.3) is 5.91 Å². The average Bonchev–Trinajstić information content (AvgIpc) is 2.60. The Morgan fingerprint density at radius 3 is 2.58 bits per heavy atom. The SMILES string of the molecule is Cc1ccc2c(c1)N(S(C)(=O)=O)C[C@H](C(=O)N(C)Cc1ccccc1)O2. The molecule has 0 spiro atoms. The number of likely N-dealkylation sites (N-methyl/N-ethyl adjacent to an activating group) is 1. The number of aryl methyl sites for hydroxylation is 1. The van der Waals surface area contributed by atoms with Crippen molar-refractivity contribution in [2.45, 2.75) is 19.6 Å². The van der Waals surface area contributed by atoms with Gasteiger partial charge in [0, 0.05) is 13.6 Å². The number of carbonyl (C=O) groups is 1. The van der Waals surface area contributed by atoms with Gasteiger partial charge in [-0.25, -0.2) is 8.42 Å². The lowest BCUT2D eigenvalue weighted by atomic mass is 10.1. The van der Waals surface area contributed by atoms with Crippen LogP contribution in [-0.4, -0.2) is 45.2 Å². The molecule has 0 fully saturated rings. The molecule has 2 aromatic rings. The molecule has 0 saturated heterocycles. The number of hydrogen-bond acceptors (Lipinski definition) is 4. The zero-order valence-corrected chi connectivity index (χ0v) is 15.9. The van der Waals surface area contributed by atoms with Gasteiger partial charge in [-0.1, -0.05) is 36.4 Å². The molecule has 2 aromatic carbocycles. The maximum absolute atomic E-state index is 12.8. The lowest BCUT2D eigenvalue weighted by Crippen LogP contribution is -2.50. The Morgan fingerprint density at radius 1 is 1.23 bits per heavy atom. The Bertz CT molecular complexity index is 912. The molecule has 6 nitrogen and oxygen atoms in total. The minimum atomic E-state index is -3.52. The fourth-order valence-electron chi connectivity index (χ4n) is 2.99. The third-order valence-electron chi connectivity index (χ3n) is 4.30. The lowest BCUT2D eigenvalue weighted by molar-refractivity contribution is -0.137. The Balaban J connectivity index is 1.85. The molecular weight excluding hydrogens is 352 g/mol. The van der Waals surface area contributed by atoms with Gasteiger partial charge in [0.2, 0.25) is 10.0 Å². The quantitative estimate of drug-likeness (QED) is 0.823. The highest BCUT2D eigenvalue weighted by molar-refractivity contribution is 7.92. The minimum absolute atomic E-state index is 0.0345. The van der Waals surface area contributed by atoms with Crippen molar-refractivity contribution in [3.63, 3.8) is 0 Å². The van der Waals surface area contributed by atoms with Crippen LogP contribution < -0.4 is 9.04 Å². The molecule has 1 amide bonds. The standard InChI is InChI=1S/C19H22N2O4S/c1-14-9-10-17-16(11-14)21(26(3,23)24)13-18(25-17)19(22)20(2)12-15-7-5-4-6-8-15/h4-11,18H,12-13H2,1-3H3/t18-/m1/s1. The van der Waals surface area contributed by atoms with E-state index in [0.717, 1.165) is 17.4 Å². The molecule has 138 valence electrons. The molecule has 0 N–H and O–H groups in total. The number of anilines is 1. The van der Waals surface area contributed by atoms with Gasteiger partial charge in [0.05, 0.1) is 18.5 Å². The summed E-state index contributed by atoms with van der Waals surface area (Å²) in [7, 11) is -1.84. The molecule has 0 bridgehead atoms. The van der Waals surface area contributed by atoms with Crippen LogP contribution in [0.5, 0.6) is 5.75 Å². The summed E-state index contributed by atoms with van der Waals surface area (Å²) >= 11 is 0. The van der Waals surface area contributed by atoms with Gasteiger partial charge in [-0.05, 0) is 30.2 Å². The Hall–Kier alpha value is -2.54. The van der Waals surface area contributed by atoms with Gasteiger partial charge >= 0.3 is 0 Å². The summed E-state index contributed by atoms with van der Waals surface area (Å²) in [6.07, 6.45) is 0.258. The predicted molar refractivity (Wildman–Crippen MR) is 101 cm³/mol. The molecule has 0 aromatic heterocycles. The molecule has 26 heavy (non-hydrogen) atoms. The van der Waals surface area contributed by atoms with Crippen molar-refractivity contribution in [3.05, 3.63) is 59.7 Å². The van der Waals surface area contributed by atoms with Crippen LogP contribution in [0.1, 0.15) is 11.1 Å². The van der Waals surface area contributed by atoms with E-state index in [1.54, 1.807) is 24.1 Å². The number of rotatable bonds is 4. The smallest absolute Gasteiger partial charge is 0.265 e. The maximum atomic E-state index is 12.8. The van der Waals surface area contributed by atoms with Crippen molar-refractivity contribution < 1.29 is 17.9 Å². The Labute approximate surface area is 154 Å². The normalized spacial score (nSPS) is 16.6. The molecule has 7 heteroatoms. The Morgan fingerprint density at radius 2 is 1.92 bits per heavy atom. The zero-order chi connectivity index (χ0) is 18.9. The first-order valence-corrected chi connectivity index (χ1v) is 10.1. The van der Waals surface area contributed by atoms with Crippen LogP contribution in [0.2, 0.25) is 0 Å². The van der Waals surface area contributed by atoms with Crippen molar-refractivity contribution >= 4 is 21.6 Å². The molecule has 1 atom stereocenters. The van der Waals surface area contributed by atoms with E-state index in [4.69, 9.17) is 4.74 Å². The predicted octanol–water partition coefficient (Wildman–Crippen LogP) is 2.18. The average molecular weight is 374 g/mol. The second kappa shape index (κ2) is 6.99. The molecular formula is C19H22N2O4S. The fourth-order valence-corrected chi connectivity index (χ4v) is 3.89. The number of amides is 1. The molecule has 1 heterocycles. The summed E-state index contributed by atoms with van der Waals surface area (Å²) < 4.78 is 31.6. The van der Waals surface area contributed by atoms with Gasteiger partial charge in [-0.2, -0.15) is 0 Å². The van der Waals surface area contributed by atoms with E-state index in [2.05, 4.69) is 0 Å². The summed E-state index contributed by atoms with van der Waals surface area (Å²) in [5.74, 6) is 0.146. The molecule has 0 aliphatic carbocycles. The van der Waals surface area contributed by atoms with Gasteiger partial charge in [0.1, 0.15) is 5.75 Å². The number of ether oxygens (including phenoxy) is 1. The van der Waals surface area contributed by atoms with Crippen molar-refractivity contribution in [2.75, 3.05) is 24.2 Å². The molecule has 0 unspecified atom stereocenters. The Kier molecular flexibility index (Phi) is 4.91. The second-order valence-corrected chi connectivity index (χ2v) is 8.46. The summed E-state index contributed by atoms with van der Waals surface area (Å²) in [5.41, 5.74) is 2.39.